The first-order chi connectivity index (χ1) is 8.41. The third kappa shape index (κ3) is 2.13. The molecule has 0 saturated heterocycles. The number of benzene rings is 1. The summed E-state index contributed by atoms with van der Waals surface area (Å²) in [6.07, 6.45) is 0. The van der Waals surface area contributed by atoms with Crippen LogP contribution in [0.15, 0.2) is 18.2 Å². The molecule has 1 heterocycles. The van der Waals surface area contributed by atoms with Crippen LogP contribution in [-0.4, -0.2) is 9.78 Å². The predicted molar refractivity (Wildman–Crippen MR) is 70.6 cm³/mol. The molecule has 0 aliphatic carbocycles. The predicted octanol–water partition coefficient (Wildman–Crippen LogP) is 3.30. The number of nitrogens with zero attached hydrogens (tertiary/aromatic N) is 2. The SMILES string of the molecule is Cc1nn(-c2ccc(Cl)c(F)c2)c(C)c1C(C)N. The van der Waals surface area contributed by atoms with Crippen molar-refractivity contribution in [1.29, 1.82) is 0 Å². The van der Waals surface area contributed by atoms with E-state index in [2.05, 4.69) is 5.10 Å². The Hall–Kier alpha value is -1.39. The average molecular weight is 268 g/mol. The topological polar surface area (TPSA) is 43.8 Å². The van der Waals surface area contributed by atoms with Crippen LogP contribution in [0.4, 0.5) is 4.39 Å². The van der Waals surface area contributed by atoms with Crippen LogP contribution in [0.3, 0.4) is 0 Å². The lowest BCUT2D eigenvalue weighted by Gasteiger charge is -2.08. The van der Waals surface area contributed by atoms with Crippen molar-refractivity contribution in [2.75, 3.05) is 0 Å². The first kappa shape index (κ1) is 13.1. The third-order valence-electron chi connectivity index (χ3n) is 2.95. The van der Waals surface area contributed by atoms with Crippen LogP contribution in [0.1, 0.15) is 29.9 Å². The minimum atomic E-state index is -0.455. The van der Waals surface area contributed by atoms with Crippen molar-refractivity contribution in [3.8, 4) is 5.69 Å². The Kier molecular flexibility index (Phi) is 3.41. The van der Waals surface area contributed by atoms with E-state index in [9.17, 15) is 4.39 Å². The summed E-state index contributed by atoms with van der Waals surface area (Å²) in [5.74, 6) is -0.455. The van der Waals surface area contributed by atoms with E-state index in [4.69, 9.17) is 17.3 Å². The maximum Gasteiger partial charge on any atom is 0.143 e. The van der Waals surface area contributed by atoms with Gasteiger partial charge in [0.15, 0.2) is 0 Å². The summed E-state index contributed by atoms with van der Waals surface area (Å²) in [4.78, 5) is 0. The number of nitrogens with two attached hydrogens (primary N) is 1. The second-order valence-corrected chi connectivity index (χ2v) is 4.79. The Morgan fingerprint density at radius 1 is 1.39 bits per heavy atom. The smallest absolute Gasteiger partial charge is 0.143 e. The zero-order valence-electron chi connectivity index (χ0n) is 10.5. The Labute approximate surface area is 110 Å². The van der Waals surface area contributed by atoms with E-state index in [1.54, 1.807) is 10.7 Å². The number of hydrogen-bond donors (Lipinski definition) is 1. The zero-order chi connectivity index (χ0) is 13.4. The van der Waals surface area contributed by atoms with E-state index in [1.807, 2.05) is 20.8 Å². The van der Waals surface area contributed by atoms with E-state index in [0.29, 0.717) is 5.69 Å². The number of aromatic nitrogens is 2. The van der Waals surface area contributed by atoms with Crippen LogP contribution in [0.2, 0.25) is 5.02 Å². The molecule has 1 aromatic carbocycles. The molecule has 1 unspecified atom stereocenters. The van der Waals surface area contributed by atoms with Gasteiger partial charge in [-0.1, -0.05) is 11.6 Å². The van der Waals surface area contributed by atoms with Gasteiger partial charge in [0.25, 0.3) is 0 Å². The summed E-state index contributed by atoms with van der Waals surface area (Å²) >= 11 is 5.67. The van der Waals surface area contributed by atoms with Crippen molar-refractivity contribution >= 4 is 11.6 Å². The molecular formula is C13H15ClFN3. The van der Waals surface area contributed by atoms with Crippen molar-refractivity contribution in [2.45, 2.75) is 26.8 Å². The Morgan fingerprint density at radius 2 is 2.06 bits per heavy atom. The normalized spacial score (nSPS) is 12.8. The summed E-state index contributed by atoms with van der Waals surface area (Å²) < 4.78 is 15.2. The highest BCUT2D eigenvalue weighted by atomic mass is 35.5. The Morgan fingerprint density at radius 3 is 2.56 bits per heavy atom. The third-order valence-corrected chi connectivity index (χ3v) is 3.26. The van der Waals surface area contributed by atoms with Crippen LogP contribution in [-0.2, 0) is 0 Å². The second kappa shape index (κ2) is 4.71. The van der Waals surface area contributed by atoms with Gasteiger partial charge in [-0.15, -0.1) is 0 Å². The molecule has 0 aliphatic heterocycles. The van der Waals surface area contributed by atoms with Gasteiger partial charge in [0.2, 0.25) is 0 Å². The molecule has 0 radical (unpaired) electrons. The van der Waals surface area contributed by atoms with Gasteiger partial charge in [0.1, 0.15) is 5.82 Å². The van der Waals surface area contributed by atoms with E-state index in [-0.39, 0.29) is 11.1 Å². The van der Waals surface area contributed by atoms with Gasteiger partial charge in [-0.05, 0) is 32.9 Å². The van der Waals surface area contributed by atoms with E-state index in [0.717, 1.165) is 17.0 Å². The summed E-state index contributed by atoms with van der Waals surface area (Å²) in [6.45, 7) is 5.73. The van der Waals surface area contributed by atoms with Crippen molar-refractivity contribution in [3.05, 3.63) is 46.0 Å². The van der Waals surface area contributed by atoms with Gasteiger partial charge in [-0.3, -0.25) is 0 Å². The summed E-state index contributed by atoms with van der Waals surface area (Å²) in [7, 11) is 0. The monoisotopic (exact) mass is 267 g/mol. The molecule has 0 fully saturated rings. The van der Waals surface area contributed by atoms with Gasteiger partial charge in [0, 0.05) is 23.4 Å². The van der Waals surface area contributed by atoms with Gasteiger partial charge < -0.3 is 5.73 Å². The molecule has 18 heavy (non-hydrogen) atoms. The fourth-order valence-electron chi connectivity index (χ4n) is 2.18. The zero-order valence-corrected chi connectivity index (χ0v) is 11.3. The highest BCUT2D eigenvalue weighted by Crippen LogP contribution is 2.24. The van der Waals surface area contributed by atoms with Crippen molar-refractivity contribution < 1.29 is 4.39 Å². The number of hydrogen-bond acceptors (Lipinski definition) is 2. The average Bonchev–Trinajstić information content (AvgIpc) is 2.58. The molecule has 1 aromatic heterocycles. The maximum atomic E-state index is 13.5. The number of rotatable bonds is 2. The largest absolute Gasteiger partial charge is 0.324 e. The van der Waals surface area contributed by atoms with Crippen LogP contribution < -0.4 is 5.73 Å². The van der Waals surface area contributed by atoms with Gasteiger partial charge in [0.05, 0.1) is 16.4 Å². The Bertz CT molecular complexity index is 590. The molecule has 0 aliphatic rings. The molecule has 3 nitrogen and oxygen atoms in total. The van der Waals surface area contributed by atoms with E-state index >= 15 is 0 Å². The lowest BCUT2D eigenvalue weighted by molar-refractivity contribution is 0.625. The molecule has 2 rings (SSSR count). The first-order valence-electron chi connectivity index (χ1n) is 5.69. The molecule has 0 saturated carbocycles. The number of halogens is 2. The quantitative estimate of drug-likeness (QED) is 0.907. The van der Waals surface area contributed by atoms with Crippen molar-refractivity contribution in [2.24, 2.45) is 5.73 Å². The summed E-state index contributed by atoms with van der Waals surface area (Å²) in [5, 5.41) is 4.50. The van der Waals surface area contributed by atoms with Crippen molar-refractivity contribution in [1.82, 2.24) is 9.78 Å². The first-order valence-corrected chi connectivity index (χ1v) is 6.06. The molecular weight excluding hydrogens is 253 g/mol. The second-order valence-electron chi connectivity index (χ2n) is 4.38. The lowest BCUT2D eigenvalue weighted by Crippen LogP contribution is -2.08. The highest BCUT2D eigenvalue weighted by molar-refractivity contribution is 6.30. The fourth-order valence-corrected chi connectivity index (χ4v) is 2.30. The van der Waals surface area contributed by atoms with Crippen LogP contribution in [0.5, 0.6) is 0 Å². The molecule has 1 atom stereocenters. The van der Waals surface area contributed by atoms with Gasteiger partial charge in [-0.2, -0.15) is 5.10 Å². The Balaban J connectivity index is 2.58. The minimum Gasteiger partial charge on any atom is -0.324 e. The standard InChI is InChI=1S/C13H15ClFN3/c1-7(16)13-8(2)17-18(9(13)3)10-4-5-11(14)12(15)6-10/h4-7H,16H2,1-3H3. The van der Waals surface area contributed by atoms with Crippen molar-refractivity contribution in [3.63, 3.8) is 0 Å². The number of aryl methyl sites for hydroxylation is 1. The van der Waals surface area contributed by atoms with Crippen LogP contribution in [0, 0.1) is 19.7 Å². The van der Waals surface area contributed by atoms with Crippen LogP contribution in [0.25, 0.3) is 5.69 Å². The molecule has 0 bridgehead atoms. The fraction of sp³-hybridized carbons (Fsp3) is 0.308. The van der Waals surface area contributed by atoms with Crippen LogP contribution >= 0.6 is 11.6 Å². The molecule has 2 aromatic rings. The van der Waals surface area contributed by atoms with E-state index < -0.39 is 5.82 Å². The summed E-state index contributed by atoms with van der Waals surface area (Å²) in [5.41, 5.74) is 9.33. The minimum absolute atomic E-state index is 0.101. The van der Waals surface area contributed by atoms with Gasteiger partial charge >= 0.3 is 0 Å². The molecule has 2 N–H and O–H groups in total. The summed E-state index contributed by atoms with van der Waals surface area (Å²) in [6, 6.07) is 4.52. The molecule has 96 valence electrons. The molecule has 0 spiro atoms. The highest BCUT2D eigenvalue weighted by Gasteiger charge is 2.16. The van der Waals surface area contributed by atoms with E-state index in [1.165, 1.54) is 12.1 Å². The molecule has 0 amide bonds. The van der Waals surface area contributed by atoms with Gasteiger partial charge in [-0.25, -0.2) is 9.07 Å². The maximum absolute atomic E-state index is 13.5. The lowest BCUT2D eigenvalue weighted by atomic mass is 10.1. The molecule has 5 heteroatoms.